The molecule has 0 saturated heterocycles. The molecule has 0 spiro atoms. The summed E-state index contributed by atoms with van der Waals surface area (Å²) in [5, 5.41) is 15.5. The first-order valence-electron chi connectivity index (χ1n) is 7.71. The minimum atomic E-state index is -2.52. The summed E-state index contributed by atoms with van der Waals surface area (Å²) in [6.07, 6.45) is 0.841. The fourth-order valence-corrected chi connectivity index (χ4v) is 2.60. The van der Waals surface area contributed by atoms with Crippen LogP contribution in [0.4, 0.5) is 13.6 Å². The van der Waals surface area contributed by atoms with Crippen molar-refractivity contribution in [3.8, 4) is 5.75 Å². The molecule has 7 heteroatoms. The number of ether oxygens (including phenoxy) is 1. The molecule has 0 unspecified atom stereocenters. The molecule has 1 saturated carbocycles. The molecule has 3 N–H and O–H groups in total. The summed E-state index contributed by atoms with van der Waals surface area (Å²) in [6, 6.07) is 6.26. The van der Waals surface area contributed by atoms with Gasteiger partial charge in [0.1, 0.15) is 12.4 Å². The van der Waals surface area contributed by atoms with Gasteiger partial charge in [-0.3, -0.25) is 0 Å². The van der Waals surface area contributed by atoms with E-state index in [0.717, 1.165) is 18.4 Å². The fraction of sp³-hybridized carbons (Fsp3) is 0.562. The zero-order valence-corrected chi connectivity index (χ0v) is 12.9. The summed E-state index contributed by atoms with van der Waals surface area (Å²) in [6.45, 7) is -0.178. The number of hydrogen-bond donors (Lipinski definition) is 3. The van der Waals surface area contributed by atoms with Crippen LogP contribution >= 0.6 is 0 Å². The van der Waals surface area contributed by atoms with Crippen molar-refractivity contribution in [3.63, 3.8) is 0 Å². The molecule has 1 aromatic rings. The third-order valence-corrected chi connectivity index (χ3v) is 3.84. The Balaban J connectivity index is 1.74. The first-order valence-corrected chi connectivity index (χ1v) is 7.71. The molecule has 2 amide bonds. The average molecular weight is 328 g/mol. The number of carbonyl (C=O) groups excluding carboxylic acids is 1. The first kappa shape index (κ1) is 17.5. The Bertz CT molecular complexity index is 520. The van der Waals surface area contributed by atoms with Crippen LogP contribution in [0.25, 0.3) is 0 Å². The number of alkyl halides is 2. The number of halogens is 2. The molecule has 0 aliphatic heterocycles. The maximum atomic E-state index is 12.1. The van der Waals surface area contributed by atoms with E-state index in [1.807, 2.05) is 0 Å². The maximum absolute atomic E-state index is 12.1. The van der Waals surface area contributed by atoms with Crippen molar-refractivity contribution in [2.45, 2.75) is 44.3 Å². The Kier molecular flexibility index (Phi) is 6.15. The molecule has 1 aliphatic carbocycles. The van der Waals surface area contributed by atoms with Gasteiger partial charge in [-0.15, -0.1) is 0 Å². The second-order valence-electron chi connectivity index (χ2n) is 5.82. The van der Waals surface area contributed by atoms with Crippen molar-refractivity contribution in [2.75, 3.05) is 13.2 Å². The van der Waals surface area contributed by atoms with Gasteiger partial charge in [0, 0.05) is 13.1 Å². The third-order valence-electron chi connectivity index (χ3n) is 3.84. The number of aliphatic hydroxyl groups is 1. The van der Waals surface area contributed by atoms with Crippen molar-refractivity contribution in [1.29, 1.82) is 0 Å². The Labute approximate surface area is 134 Å². The fourth-order valence-electron chi connectivity index (χ4n) is 2.60. The number of urea groups is 1. The normalized spacial score (nSPS) is 16.3. The predicted octanol–water partition coefficient (Wildman–Crippen LogP) is 2.43. The first-order chi connectivity index (χ1) is 11.0. The molecule has 2 rings (SSSR count). The van der Waals surface area contributed by atoms with Crippen molar-refractivity contribution in [1.82, 2.24) is 10.6 Å². The summed E-state index contributed by atoms with van der Waals surface area (Å²) in [4.78, 5) is 11.8. The van der Waals surface area contributed by atoms with Crippen molar-refractivity contribution >= 4 is 6.03 Å². The highest BCUT2D eigenvalue weighted by atomic mass is 19.3. The number of amides is 2. The molecule has 1 aliphatic rings. The van der Waals surface area contributed by atoms with Gasteiger partial charge in [0.25, 0.3) is 6.43 Å². The van der Waals surface area contributed by atoms with Crippen LogP contribution in [-0.2, 0) is 6.54 Å². The van der Waals surface area contributed by atoms with Crippen molar-refractivity contribution in [2.24, 2.45) is 0 Å². The van der Waals surface area contributed by atoms with Gasteiger partial charge in [-0.2, -0.15) is 0 Å². The average Bonchev–Trinajstić information content (AvgIpc) is 2.96. The van der Waals surface area contributed by atoms with Crippen LogP contribution in [0.2, 0.25) is 0 Å². The van der Waals surface area contributed by atoms with Crippen LogP contribution in [0.15, 0.2) is 24.3 Å². The molecule has 0 heterocycles. The predicted molar refractivity (Wildman–Crippen MR) is 81.6 cm³/mol. The zero-order chi connectivity index (χ0) is 16.7. The maximum Gasteiger partial charge on any atom is 0.315 e. The van der Waals surface area contributed by atoms with E-state index in [2.05, 4.69) is 10.6 Å². The summed E-state index contributed by atoms with van der Waals surface area (Å²) in [7, 11) is 0. The molecule has 0 radical (unpaired) electrons. The summed E-state index contributed by atoms with van der Waals surface area (Å²) >= 11 is 0. The van der Waals surface area contributed by atoms with E-state index in [1.54, 1.807) is 24.3 Å². The van der Waals surface area contributed by atoms with Crippen molar-refractivity contribution in [3.05, 3.63) is 29.8 Å². The lowest BCUT2D eigenvalue weighted by atomic mass is 10.0. The molecule has 1 aromatic carbocycles. The highest BCUT2D eigenvalue weighted by molar-refractivity contribution is 5.73. The SMILES string of the molecule is O=C(NCc1cccc(OCC(F)F)c1)NCC1(O)CCCC1. The van der Waals surface area contributed by atoms with Gasteiger partial charge in [-0.25, -0.2) is 13.6 Å². The largest absolute Gasteiger partial charge is 0.488 e. The number of hydrogen-bond acceptors (Lipinski definition) is 3. The van der Waals surface area contributed by atoms with E-state index in [0.29, 0.717) is 18.6 Å². The molecule has 0 bridgehead atoms. The van der Waals surface area contributed by atoms with E-state index in [9.17, 15) is 18.7 Å². The molecule has 128 valence electrons. The van der Waals surface area contributed by atoms with E-state index in [4.69, 9.17) is 4.74 Å². The highest BCUT2D eigenvalue weighted by Gasteiger charge is 2.31. The van der Waals surface area contributed by atoms with Gasteiger partial charge >= 0.3 is 6.03 Å². The standard InChI is InChI=1S/C16H22F2N2O3/c17-14(18)10-23-13-5-3-4-12(8-13)9-19-15(21)20-11-16(22)6-1-2-7-16/h3-5,8,14,22H,1-2,6-7,9-11H2,(H2,19,20,21). The van der Waals surface area contributed by atoms with Crippen LogP contribution in [0, 0.1) is 0 Å². The second-order valence-corrected chi connectivity index (χ2v) is 5.82. The zero-order valence-electron chi connectivity index (χ0n) is 12.9. The number of nitrogens with one attached hydrogen (secondary N) is 2. The number of carbonyl (C=O) groups is 1. The van der Waals surface area contributed by atoms with Crippen LogP contribution in [-0.4, -0.2) is 36.3 Å². The van der Waals surface area contributed by atoms with E-state index < -0.39 is 18.6 Å². The Hall–Kier alpha value is -1.89. The Morgan fingerprint density at radius 2 is 2.04 bits per heavy atom. The van der Waals surface area contributed by atoms with Gasteiger partial charge in [-0.1, -0.05) is 25.0 Å². The van der Waals surface area contributed by atoms with E-state index in [1.165, 1.54) is 0 Å². The monoisotopic (exact) mass is 328 g/mol. The molecular weight excluding hydrogens is 306 g/mol. The van der Waals surface area contributed by atoms with Gasteiger partial charge < -0.3 is 20.5 Å². The quantitative estimate of drug-likeness (QED) is 0.720. The lowest BCUT2D eigenvalue weighted by Crippen LogP contribution is -2.44. The molecule has 23 heavy (non-hydrogen) atoms. The van der Waals surface area contributed by atoms with Gasteiger partial charge in [0.2, 0.25) is 0 Å². The van der Waals surface area contributed by atoms with Gasteiger partial charge in [0.15, 0.2) is 0 Å². The van der Waals surface area contributed by atoms with Crippen molar-refractivity contribution < 1.29 is 23.4 Å². The molecular formula is C16H22F2N2O3. The summed E-state index contributed by atoms with van der Waals surface area (Å²) in [5.74, 6) is 0.338. The molecule has 0 aromatic heterocycles. The minimum Gasteiger partial charge on any atom is -0.488 e. The van der Waals surface area contributed by atoms with Crippen LogP contribution < -0.4 is 15.4 Å². The van der Waals surface area contributed by atoms with Crippen LogP contribution in [0.3, 0.4) is 0 Å². The highest BCUT2D eigenvalue weighted by Crippen LogP contribution is 2.28. The number of rotatable bonds is 7. The van der Waals surface area contributed by atoms with E-state index in [-0.39, 0.29) is 19.1 Å². The molecule has 0 atom stereocenters. The lowest BCUT2D eigenvalue weighted by molar-refractivity contribution is 0.0501. The summed E-state index contributed by atoms with van der Waals surface area (Å²) < 4.78 is 29.1. The minimum absolute atomic E-state index is 0.233. The van der Waals surface area contributed by atoms with Gasteiger partial charge in [-0.05, 0) is 30.5 Å². The number of benzene rings is 1. The third kappa shape index (κ3) is 6.02. The van der Waals surface area contributed by atoms with Crippen LogP contribution in [0.5, 0.6) is 5.75 Å². The van der Waals surface area contributed by atoms with Crippen LogP contribution in [0.1, 0.15) is 31.2 Å². The smallest absolute Gasteiger partial charge is 0.315 e. The Morgan fingerprint density at radius 3 is 2.74 bits per heavy atom. The summed E-state index contributed by atoms with van der Waals surface area (Å²) in [5.41, 5.74) is -0.0492. The topological polar surface area (TPSA) is 70.6 Å². The Morgan fingerprint density at radius 1 is 1.30 bits per heavy atom. The molecule has 1 fully saturated rings. The molecule has 5 nitrogen and oxygen atoms in total. The van der Waals surface area contributed by atoms with Gasteiger partial charge in [0.05, 0.1) is 5.60 Å². The van der Waals surface area contributed by atoms with E-state index >= 15 is 0 Å². The lowest BCUT2D eigenvalue weighted by Gasteiger charge is -2.22. The second kappa shape index (κ2) is 8.10.